The fourth-order valence-electron chi connectivity index (χ4n) is 2.42. The van der Waals surface area contributed by atoms with Crippen molar-refractivity contribution >= 4 is 5.91 Å². The van der Waals surface area contributed by atoms with Crippen molar-refractivity contribution in [3.05, 3.63) is 59.9 Å². The van der Waals surface area contributed by atoms with Gasteiger partial charge in [0.1, 0.15) is 11.9 Å². The lowest BCUT2D eigenvalue weighted by Gasteiger charge is -2.32. The molecular formula is C16H16FN3O2. The third kappa shape index (κ3) is 3.46. The van der Waals surface area contributed by atoms with Gasteiger partial charge >= 0.3 is 0 Å². The molecule has 3 rings (SSSR count). The van der Waals surface area contributed by atoms with Crippen LogP contribution >= 0.6 is 0 Å². The Morgan fingerprint density at radius 3 is 2.86 bits per heavy atom. The fraction of sp³-hybridized carbons (Fsp3) is 0.312. The molecule has 1 aromatic heterocycles. The van der Waals surface area contributed by atoms with Crippen molar-refractivity contribution in [2.24, 2.45) is 0 Å². The van der Waals surface area contributed by atoms with Crippen LogP contribution in [-0.2, 0) is 16.0 Å². The Hall–Kier alpha value is -2.34. The van der Waals surface area contributed by atoms with E-state index in [1.165, 1.54) is 12.1 Å². The molecule has 2 aromatic rings. The Morgan fingerprint density at radius 2 is 2.14 bits per heavy atom. The summed E-state index contributed by atoms with van der Waals surface area (Å²) in [6.45, 7) is 1.48. The van der Waals surface area contributed by atoms with Crippen LogP contribution in [0.1, 0.15) is 17.4 Å². The van der Waals surface area contributed by atoms with Gasteiger partial charge in [-0.05, 0) is 17.7 Å². The maximum Gasteiger partial charge on any atom is 0.227 e. The van der Waals surface area contributed by atoms with Crippen molar-refractivity contribution in [1.82, 2.24) is 14.9 Å². The Morgan fingerprint density at radius 1 is 1.32 bits per heavy atom. The highest BCUT2D eigenvalue weighted by Crippen LogP contribution is 2.20. The molecule has 1 saturated heterocycles. The van der Waals surface area contributed by atoms with Gasteiger partial charge in [-0.15, -0.1) is 0 Å². The van der Waals surface area contributed by atoms with Gasteiger partial charge in [0.15, 0.2) is 0 Å². The van der Waals surface area contributed by atoms with Gasteiger partial charge in [-0.25, -0.2) is 4.39 Å². The summed E-state index contributed by atoms with van der Waals surface area (Å²) in [4.78, 5) is 22.4. The molecule has 1 atom stereocenters. The molecule has 1 fully saturated rings. The lowest BCUT2D eigenvalue weighted by atomic mass is 10.1. The molecule has 0 saturated carbocycles. The van der Waals surface area contributed by atoms with Crippen LogP contribution in [0.2, 0.25) is 0 Å². The summed E-state index contributed by atoms with van der Waals surface area (Å²) in [5.74, 6) is -0.297. The SMILES string of the molecule is O=C(Cc1ccc(F)cc1)N1CCO[C@@H](c2cnccn2)C1. The average molecular weight is 301 g/mol. The number of aromatic nitrogens is 2. The number of morpholine rings is 1. The quantitative estimate of drug-likeness (QED) is 0.867. The zero-order valence-electron chi connectivity index (χ0n) is 12.0. The molecule has 114 valence electrons. The summed E-state index contributed by atoms with van der Waals surface area (Å²) in [5, 5.41) is 0. The van der Waals surface area contributed by atoms with Crippen molar-refractivity contribution in [2.45, 2.75) is 12.5 Å². The standard InChI is InChI=1S/C16H16FN3O2/c17-13-3-1-12(2-4-13)9-16(21)20-7-8-22-15(11-20)14-10-18-5-6-19-14/h1-6,10,15H,7-9,11H2/t15-/m1/s1. The molecule has 0 unspecified atom stereocenters. The molecule has 0 aliphatic carbocycles. The second-order valence-corrected chi connectivity index (χ2v) is 5.13. The molecule has 1 aromatic carbocycles. The molecule has 1 aliphatic heterocycles. The van der Waals surface area contributed by atoms with Crippen molar-refractivity contribution in [2.75, 3.05) is 19.7 Å². The van der Waals surface area contributed by atoms with Crippen LogP contribution in [0.4, 0.5) is 4.39 Å². The van der Waals surface area contributed by atoms with Gasteiger partial charge in [-0.2, -0.15) is 0 Å². The summed E-state index contributed by atoms with van der Waals surface area (Å²) in [6.07, 6.45) is 4.87. The number of rotatable bonds is 3. The molecule has 0 N–H and O–H groups in total. The number of ether oxygens (including phenoxy) is 1. The summed E-state index contributed by atoms with van der Waals surface area (Å²) in [7, 11) is 0. The Bertz CT molecular complexity index is 634. The van der Waals surface area contributed by atoms with Gasteiger partial charge in [-0.3, -0.25) is 14.8 Å². The number of amides is 1. The van der Waals surface area contributed by atoms with Gasteiger partial charge < -0.3 is 9.64 Å². The van der Waals surface area contributed by atoms with E-state index in [-0.39, 0.29) is 24.2 Å². The van der Waals surface area contributed by atoms with E-state index in [0.717, 1.165) is 11.3 Å². The van der Waals surface area contributed by atoms with Crippen LogP contribution in [0.3, 0.4) is 0 Å². The summed E-state index contributed by atoms with van der Waals surface area (Å²) < 4.78 is 18.6. The number of nitrogens with zero attached hydrogens (tertiary/aromatic N) is 3. The Balaban J connectivity index is 1.64. The molecule has 6 heteroatoms. The van der Waals surface area contributed by atoms with Crippen LogP contribution in [-0.4, -0.2) is 40.5 Å². The first kappa shape index (κ1) is 14.6. The van der Waals surface area contributed by atoms with Gasteiger partial charge in [-0.1, -0.05) is 12.1 Å². The molecule has 1 aliphatic rings. The number of hydrogen-bond acceptors (Lipinski definition) is 4. The molecular weight excluding hydrogens is 285 g/mol. The first-order valence-electron chi connectivity index (χ1n) is 7.12. The molecule has 1 amide bonds. The third-order valence-electron chi connectivity index (χ3n) is 3.60. The lowest BCUT2D eigenvalue weighted by molar-refractivity contribution is -0.138. The number of halogens is 1. The largest absolute Gasteiger partial charge is 0.368 e. The normalized spacial score (nSPS) is 18.2. The van der Waals surface area contributed by atoms with Crippen molar-refractivity contribution in [3.8, 4) is 0 Å². The molecule has 0 bridgehead atoms. The first-order valence-corrected chi connectivity index (χ1v) is 7.12. The summed E-state index contributed by atoms with van der Waals surface area (Å²) in [6, 6.07) is 6.00. The monoisotopic (exact) mass is 301 g/mol. The van der Waals surface area contributed by atoms with Crippen LogP contribution in [0.5, 0.6) is 0 Å². The summed E-state index contributed by atoms with van der Waals surface area (Å²) in [5.41, 5.74) is 1.52. The van der Waals surface area contributed by atoms with E-state index in [1.54, 1.807) is 35.6 Å². The minimum atomic E-state index is -0.301. The predicted octanol–water partition coefficient (Wildman–Crippen LogP) is 1.76. The number of benzene rings is 1. The van der Waals surface area contributed by atoms with E-state index in [9.17, 15) is 9.18 Å². The molecule has 22 heavy (non-hydrogen) atoms. The molecule has 0 radical (unpaired) electrons. The van der Waals surface area contributed by atoms with Gasteiger partial charge in [0.2, 0.25) is 5.91 Å². The highest BCUT2D eigenvalue weighted by molar-refractivity contribution is 5.78. The molecule has 0 spiro atoms. The van der Waals surface area contributed by atoms with E-state index >= 15 is 0 Å². The second kappa shape index (κ2) is 6.62. The Labute approximate surface area is 127 Å². The van der Waals surface area contributed by atoms with Crippen LogP contribution < -0.4 is 0 Å². The number of hydrogen-bond donors (Lipinski definition) is 0. The first-order chi connectivity index (χ1) is 10.7. The lowest BCUT2D eigenvalue weighted by Crippen LogP contribution is -2.43. The topological polar surface area (TPSA) is 55.3 Å². The van der Waals surface area contributed by atoms with Crippen molar-refractivity contribution in [3.63, 3.8) is 0 Å². The minimum absolute atomic E-state index is 0.00352. The third-order valence-corrected chi connectivity index (χ3v) is 3.60. The van der Waals surface area contributed by atoms with Crippen molar-refractivity contribution in [1.29, 1.82) is 0 Å². The summed E-state index contributed by atoms with van der Waals surface area (Å²) >= 11 is 0. The number of carbonyl (C=O) groups excluding carboxylic acids is 1. The van der Waals surface area contributed by atoms with Gasteiger partial charge in [0, 0.05) is 18.9 Å². The van der Waals surface area contributed by atoms with E-state index in [1.807, 2.05) is 0 Å². The van der Waals surface area contributed by atoms with Gasteiger partial charge in [0.05, 0.1) is 31.5 Å². The van der Waals surface area contributed by atoms with E-state index in [2.05, 4.69) is 9.97 Å². The van der Waals surface area contributed by atoms with Crippen LogP contribution in [0.25, 0.3) is 0 Å². The fourth-order valence-corrected chi connectivity index (χ4v) is 2.42. The molecule has 5 nitrogen and oxygen atoms in total. The van der Waals surface area contributed by atoms with E-state index in [4.69, 9.17) is 4.74 Å². The molecule has 2 heterocycles. The van der Waals surface area contributed by atoms with Crippen LogP contribution in [0.15, 0.2) is 42.9 Å². The number of carbonyl (C=O) groups is 1. The van der Waals surface area contributed by atoms with Gasteiger partial charge in [0.25, 0.3) is 0 Å². The predicted molar refractivity (Wildman–Crippen MR) is 77.4 cm³/mol. The zero-order valence-corrected chi connectivity index (χ0v) is 12.0. The highest BCUT2D eigenvalue weighted by atomic mass is 19.1. The second-order valence-electron chi connectivity index (χ2n) is 5.13. The minimum Gasteiger partial charge on any atom is -0.368 e. The maximum atomic E-state index is 12.9. The van der Waals surface area contributed by atoms with E-state index < -0.39 is 0 Å². The van der Waals surface area contributed by atoms with Crippen LogP contribution in [0, 0.1) is 5.82 Å². The highest BCUT2D eigenvalue weighted by Gasteiger charge is 2.26. The zero-order chi connectivity index (χ0) is 15.4. The maximum absolute atomic E-state index is 12.9. The average Bonchev–Trinajstić information content (AvgIpc) is 2.58. The Kier molecular flexibility index (Phi) is 4.39. The van der Waals surface area contributed by atoms with Crippen molar-refractivity contribution < 1.29 is 13.9 Å². The smallest absolute Gasteiger partial charge is 0.227 e. The van der Waals surface area contributed by atoms with E-state index in [0.29, 0.717) is 19.7 Å².